The lowest BCUT2D eigenvalue weighted by molar-refractivity contribution is 0.240. The van der Waals surface area contributed by atoms with Gasteiger partial charge in [-0.1, -0.05) is 0 Å². The molecule has 12 heavy (non-hydrogen) atoms. The van der Waals surface area contributed by atoms with Crippen molar-refractivity contribution in [2.45, 2.75) is 38.4 Å². The summed E-state index contributed by atoms with van der Waals surface area (Å²) in [6.07, 6.45) is 1.20. The summed E-state index contributed by atoms with van der Waals surface area (Å²) in [7, 11) is 2.15. The van der Waals surface area contributed by atoms with Crippen molar-refractivity contribution in [2.75, 3.05) is 20.2 Å². The third kappa shape index (κ3) is 2.44. The first-order chi connectivity index (χ1) is 5.63. The number of aliphatic hydroxyl groups is 1. The Balaban J connectivity index is 2.27. The summed E-state index contributed by atoms with van der Waals surface area (Å²) in [5.41, 5.74) is 0. The van der Waals surface area contributed by atoms with Crippen molar-refractivity contribution in [3.63, 3.8) is 0 Å². The van der Waals surface area contributed by atoms with Gasteiger partial charge >= 0.3 is 0 Å². The van der Waals surface area contributed by atoms with Crippen LogP contribution in [0, 0.1) is 0 Å². The number of likely N-dealkylation sites (N-methyl/N-ethyl adjacent to an activating group) is 1. The lowest BCUT2D eigenvalue weighted by atomic mass is 10.2. The van der Waals surface area contributed by atoms with Gasteiger partial charge in [0.1, 0.15) is 0 Å². The molecule has 2 N–H and O–H groups in total. The lowest BCUT2D eigenvalue weighted by Gasteiger charge is -2.17. The molecule has 1 aliphatic heterocycles. The monoisotopic (exact) mass is 172 g/mol. The van der Waals surface area contributed by atoms with Gasteiger partial charge in [0.25, 0.3) is 0 Å². The van der Waals surface area contributed by atoms with Gasteiger partial charge in [-0.05, 0) is 27.3 Å². The topological polar surface area (TPSA) is 35.5 Å². The van der Waals surface area contributed by atoms with Crippen LogP contribution in [-0.2, 0) is 0 Å². The minimum Gasteiger partial charge on any atom is -0.395 e. The van der Waals surface area contributed by atoms with Crippen molar-refractivity contribution in [1.82, 2.24) is 10.2 Å². The number of hydrogen-bond donors (Lipinski definition) is 2. The molecule has 1 saturated heterocycles. The van der Waals surface area contributed by atoms with Crippen LogP contribution in [0.3, 0.4) is 0 Å². The maximum atomic E-state index is 8.85. The normalized spacial score (nSPS) is 34.0. The van der Waals surface area contributed by atoms with Crippen molar-refractivity contribution >= 4 is 0 Å². The predicted molar refractivity (Wildman–Crippen MR) is 50.2 cm³/mol. The van der Waals surface area contributed by atoms with Gasteiger partial charge in [-0.2, -0.15) is 0 Å². The minimum absolute atomic E-state index is 0.230. The molecule has 0 radical (unpaired) electrons. The average molecular weight is 172 g/mol. The molecule has 1 rings (SSSR count). The van der Waals surface area contributed by atoms with Crippen LogP contribution in [-0.4, -0.2) is 48.3 Å². The first-order valence-corrected chi connectivity index (χ1v) is 4.70. The molecule has 1 heterocycles. The van der Waals surface area contributed by atoms with Crippen LogP contribution in [0.25, 0.3) is 0 Å². The third-order valence-electron chi connectivity index (χ3n) is 2.68. The number of aliphatic hydroxyl groups excluding tert-OH is 1. The van der Waals surface area contributed by atoms with E-state index < -0.39 is 0 Å². The Bertz CT molecular complexity index is 130. The molecule has 0 spiro atoms. The van der Waals surface area contributed by atoms with Crippen LogP contribution < -0.4 is 5.32 Å². The third-order valence-corrected chi connectivity index (χ3v) is 2.68. The molecule has 0 saturated carbocycles. The van der Waals surface area contributed by atoms with E-state index in [2.05, 4.69) is 24.2 Å². The van der Waals surface area contributed by atoms with Crippen LogP contribution >= 0.6 is 0 Å². The van der Waals surface area contributed by atoms with Crippen molar-refractivity contribution in [2.24, 2.45) is 0 Å². The highest BCUT2D eigenvalue weighted by Crippen LogP contribution is 2.14. The lowest BCUT2D eigenvalue weighted by Crippen LogP contribution is -2.39. The zero-order valence-corrected chi connectivity index (χ0v) is 8.25. The highest BCUT2D eigenvalue weighted by molar-refractivity contribution is 4.86. The van der Waals surface area contributed by atoms with Crippen molar-refractivity contribution in [3.8, 4) is 0 Å². The van der Waals surface area contributed by atoms with Gasteiger partial charge in [0, 0.05) is 24.7 Å². The van der Waals surface area contributed by atoms with Crippen LogP contribution in [0.2, 0.25) is 0 Å². The van der Waals surface area contributed by atoms with Gasteiger partial charge in [0.15, 0.2) is 0 Å². The van der Waals surface area contributed by atoms with E-state index in [0.717, 1.165) is 6.54 Å². The van der Waals surface area contributed by atoms with E-state index in [1.807, 2.05) is 6.92 Å². The maximum absolute atomic E-state index is 8.85. The summed E-state index contributed by atoms with van der Waals surface area (Å²) >= 11 is 0. The number of nitrogens with one attached hydrogen (secondary N) is 1. The summed E-state index contributed by atoms with van der Waals surface area (Å²) in [5.74, 6) is 0. The fourth-order valence-electron chi connectivity index (χ4n) is 1.77. The standard InChI is InChI=1S/C9H20N2O/c1-7(6-12)10-9-4-8(2)11(3)5-9/h7-10,12H,4-6H2,1-3H3. The highest BCUT2D eigenvalue weighted by atomic mass is 16.3. The molecule has 3 atom stereocenters. The zero-order valence-electron chi connectivity index (χ0n) is 8.25. The fraction of sp³-hybridized carbons (Fsp3) is 1.00. The van der Waals surface area contributed by atoms with E-state index in [0.29, 0.717) is 12.1 Å². The van der Waals surface area contributed by atoms with Crippen LogP contribution in [0.15, 0.2) is 0 Å². The van der Waals surface area contributed by atoms with Crippen molar-refractivity contribution in [3.05, 3.63) is 0 Å². The van der Waals surface area contributed by atoms with E-state index in [-0.39, 0.29) is 12.6 Å². The second-order valence-electron chi connectivity index (χ2n) is 3.97. The molecule has 3 unspecified atom stereocenters. The van der Waals surface area contributed by atoms with Gasteiger partial charge in [-0.3, -0.25) is 0 Å². The SMILES string of the molecule is CC(CO)NC1CC(C)N(C)C1. The van der Waals surface area contributed by atoms with E-state index >= 15 is 0 Å². The van der Waals surface area contributed by atoms with Gasteiger partial charge in [0.2, 0.25) is 0 Å². The van der Waals surface area contributed by atoms with Gasteiger partial charge in [-0.25, -0.2) is 0 Å². The second-order valence-corrected chi connectivity index (χ2v) is 3.97. The first-order valence-electron chi connectivity index (χ1n) is 4.70. The number of hydrogen-bond acceptors (Lipinski definition) is 3. The van der Waals surface area contributed by atoms with E-state index in [9.17, 15) is 0 Å². The Morgan fingerprint density at radius 2 is 2.33 bits per heavy atom. The van der Waals surface area contributed by atoms with Crippen molar-refractivity contribution in [1.29, 1.82) is 0 Å². The maximum Gasteiger partial charge on any atom is 0.0582 e. The first kappa shape index (κ1) is 9.96. The Morgan fingerprint density at radius 3 is 2.75 bits per heavy atom. The Hall–Kier alpha value is -0.120. The Morgan fingerprint density at radius 1 is 1.67 bits per heavy atom. The Kier molecular flexibility index (Phi) is 3.50. The molecule has 0 aromatic carbocycles. The molecule has 1 aliphatic rings. The highest BCUT2D eigenvalue weighted by Gasteiger charge is 2.26. The van der Waals surface area contributed by atoms with Crippen LogP contribution in [0.1, 0.15) is 20.3 Å². The molecule has 0 aromatic heterocycles. The molecule has 3 heteroatoms. The van der Waals surface area contributed by atoms with Crippen molar-refractivity contribution < 1.29 is 5.11 Å². The van der Waals surface area contributed by atoms with E-state index in [4.69, 9.17) is 5.11 Å². The molecule has 3 nitrogen and oxygen atoms in total. The summed E-state index contributed by atoms with van der Waals surface area (Å²) in [5, 5.41) is 12.2. The van der Waals surface area contributed by atoms with E-state index in [1.165, 1.54) is 6.42 Å². The molecular weight excluding hydrogens is 152 g/mol. The number of likely N-dealkylation sites (tertiary alicyclic amines) is 1. The minimum atomic E-state index is 0.230. The summed E-state index contributed by atoms with van der Waals surface area (Å²) in [4.78, 5) is 2.35. The molecule has 0 amide bonds. The molecule has 1 fully saturated rings. The van der Waals surface area contributed by atoms with Gasteiger partial charge in [0.05, 0.1) is 6.61 Å². The molecule has 0 aliphatic carbocycles. The summed E-state index contributed by atoms with van der Waals surface area (Å²) in [6.45, 7) is 5.59. The summed E-state index contributed by atoms with van der Waals surface area (Å²) in [6, 6.07) is 1.47. The van der Waals surface area contributed by atoms with E-state index in [1.54, 1.807) is 0 Å². The molecule has 0 aromatic rings. The smallest absolute Gasteiger partial charge is 0.0582 e. The Labute approximate surface area is 74.8 Å². The largest absolute Gasteiger partial charge is 0.395 e. The van der Waals surface area contributed by atoms with Crippen LogP contribution in [0.5, 0.6) is 0 Å². The predicted octanol–water partition coefficient (Wildman–Crippen LogP) is 0.0494. The molecule has 72 valence electrons. The van der Waals surface area contributed by atoms with Gasteiger partial charge in [-0.15, -0.1) is 0 Å². The average Bonchev–Trinajstić information content (AvgIpc) is 2.31. The summed E-state index contributed by atoms with van der Waals surface area (Å²) < 4.78 is 0. The molecular formula is C9H20N2O. The fourth-order valence-corrected chi connectivity index (χ4v) is 1.77. The van der Waals surface area contributed by atoms with Gasteiger partial charge < -0.3 is 15.3 Å². The van der Waals surface area contributed by atoms with Crippen LogP contribution in [0.4, 0.5) is 0 Å². The second kappa shape index (κ2) is 4.21. The number of nitrogens with zero attached hydrogens (tertiary/aromatic N) is 1. The quantitative estimate of drug-likeness (QED) is 0.631. The number of rotatable bonds is 3. The zero-order chi connectivity index (χ0) is 9.14. The molecule has 0 bridgehead atoms.